The highest BCUT2D eigenvalue weighted by molar-refractivity contribution is 7.92. The van der Waals surface area contributed by atoms with Gasteiger partial charge in [0.1, 0.15) is 0 Å². The van der Waals surface area contributed by atoms with E-state index in [9.17, 15) is 18.0 Å². The number of hydrogen-bond donors (Lipinski definition) is 1. The maximum Gasteiger partial charge on any atom is 0.264 e. The molecule has 1 aliphatic rings. The Labute approximate surface area is 132 Å². The van der Waals surface area contributed by atoms with E-state index in [0.717, 1.165) is 4.90 Å². The fraction of sp³-hybridized carbons (Fsp3) is 0.143. The summed E-state index contributed by atoms with van der Waals surface area (Å²) in [4.78, 5) is 32.0. The Hall–Kier alpha value is -2.81. The molecule has 0 unspecified atom stereocenters. The molecule has 0 radical (unpaired) electrons. The molecule has 23 heavy (non-hydrogen) atoms. The van der Waals surface area contributed by atoms with Gasteiger partial charge >= 0.3 is 0 Å². The second-order valence-electron chi connectivity index (χ2n) is 4.79. The van der Waals surface area contributed by atoms with Crippen LogP contribution in [0.25, 0.3) is 0 Å². The van der Waals surface area contributed by atoms with E-state index in [4.69, 9.17) is 0 Å². The Morgan fingerprint density at radius 2 is 1.52 bits per heavy atom. The third-order valence-corrected chi connectivity index (χ3v) is 4.59. The molecule has 1 aromatic carbocycles. The highest BCUT2D eigenvalue weighted by Crippen LogP contribution is 2.24. The molecule has 1 N–H and O–H groups in total. The van der Waals surface area contributed by atoms with Gasteiger partial charge in [0.05, 0.1) is 10.6 Å². The Bertz CT molecular complexity index is 834. The summed E-state index contributed by atoms with van der Waals surface area (Å²) < 4.78 is 26.7. The van der Waals surface area contributed by atoms with Gasteiger partial charge in [-0.05, 0) is 30.3 Å². The second kappa shape index (κ2) is 5.76. The van der Waals surface area contributed by atoms with Crippen molar-refractivity contribution in [3.05, 3.63) is 42.7 Å². The summed E-state index contributed by atoms with van der Waals surface area (Å²) in [7, 11) is -3.84. The molecule has 9 heteroatoms. The van der Waals surface area contributed by atoms with Gasteiger partial charge in [-0.25, -0.2) is 23.1 Å². The SMILES string of the molecule is O=C1CCC(=O)N1c1ccc(S(=O)(=O)Nc2ncccn2)cc1. The van der Waals surface area contributed by atoms with E-state index in [1.165, 1.54) is 36.7 Å². The van der Waals surface area contributed by atoms with E-state index in [1.54, 1.807) is 6.07 Å². The Morgan fingerprint density at radius 3 is 2.09 bits per heavy atom. The lowest BCUT2D eigenvalue weighted by Gasteiger charge is -2.14. The zero-order valence-corrected chi connectivity index (χ0v) is 12.7. The molecule has 2 heterocycles. The molecule has 3 rings (SSSR count). The van der Waals surface area contributed by atoms with Crippen molar-refractivity contribution in [1.29, 1.82) is 0 Å². The Balaban J connectivity index is 1.84. The average molecular weight is 332 g/mol. The molecule has 0 aliphatic carbocycles. The minimum atomic E-state index is -3.84. The Kier molecular flexibility index (Phi) is 3.78. The van der Waals surface area contributed by atoms with Gasteiger partial charge in [-0.15, -0.1) is 0 Å². The molecule has 0 atom stereocenters. The molecule has 1 aromatic heterocycles. The second-order valence-corrected chi connectivity index (χ2v) is 6.48. The van der Waals surface area contributed by atoms with E-state index >= 15 is 0 Å². The lowest BCUT2D eigenvalue weighted by molar-refractivity contribution is -0.121. The summed E-state index contributed by atoms with van der Waals surface area (Å²) in [5.41, 5.74) is 0.354. The predicted octanol–water partition coefficient (Wildman–Crippen LogP) is 0.931. The van der Waals surface area contributed by atoms with Crippen LogP contribution in [0.3, 0.4) is 0 Å². The van der Waals surface area contributed by atoms with Crippen molar-refractivity contribution in [2.24, 2.45) is 0 Å². The standard InChI is InChI=1S/C14H12N4O4S/c19-12-6-7-13(20)18(12)10-2-4-11(5-3-10)23(21,22)17-14-15-8-1-9-16-14/h1-5,8-9H,6-7H2,(H,15,16,17). The molecule has 1 fully saturated rings. The fourth-order valence-corrected chi connectivity index (χ4v) is 3.13. The van der Waals surface area contributed by atoms with Crippen LogP contribution in [-0.2, 0) is 19.6 Å². The van der Waals surface area contributed by atoms with E-state index in [0.29, 0.717) is 5.69 Å². The number of imide groups is 1. The average Bonchev–Trinajstić information content (AvgIpc) is 2.87. The van der Waals surface area contributed by atoms with Gasteiger partial charge in [0, 0.05) is 25.2 Å². The summed E-state index contributed by atoms with van der Waals surface area (Å²) in [6.07, 6.45) is 3.18. The summed E-state index contributed by atoms with van der Waals surface area (Å²) in [6, 6.07) is 7.04. The quantitative estimate of drug-likeness (QED) is 0.834. The highest BCUT2D eigenvalue weighted by Gasteiger charge is 2.30. The van der Waals surface area contributed by atoms with Gasteiger partial charge in [-0.1, -0.05) is 0 Å². The minimum absolute atomic E-state index is 0.0206. The van der Waals surface area contributed by atoms with Crippen LogP contribution in [-0.4, -0.2) is 30.2 Å². The summed E-state index contributed by atoms with van der Waals surface area (Å²) >= 11 is 0. The maximum absolute atomic E-state index is 12.2. The van der Waals surface area contributed by atoms with Gasteiger partial charge in [-0.3, -0.25) is 14.5 Å². The molecule has 1 saturated heterocycles. The minimum Gasteiger partial charge on any atom is -0.274 e. The number of benzene rings is 1. The van der Waals surface area contributed by atoms with Crippen molar-refractivity contribution in [2.75, 3.05) is 9.62 Å². The number of amides is 2. The number of nitrogens with one attached hydrogen (secondary N) is 1. The number of aromatic nitrogens is 2. The molecule has 8 nitrogen and oxygen atoms in total. The molecular formula is C14H12N4O4S. The van der Waals surface area contributed by atoms with Crippen LogP contribution in [0.15, 0.2) is 47.6 Å². The topological polar surface area (TPSA) is 109 Å². The third-order valence-electron chi connectivity index (χ3n) is 3.25. The molecule has 2 aromatic rings. The molecule has 1 aliphatic heterocycles. The van der Waals surface area contributed by atoms with E-state index < -0.39 is 10.0 Å². The first-order valence-corrected chi connectivity index (χ1v) is 8.21. The number of nitrogens with zero attached hydrogens (tertiary/aromatic N) is 3. The van der Waals surface area contributed by atoms with Crippen LogP contribution >= 0.6 is 0 Å². The first kappa shape index (κ1) is 15.1. The van der Waals surface area contributed by atoms with Crippen molar-refractivity contribution < 1.29 is 18.0 Å². The summed E-state index contributed by atoms with van der Waals surface area (Å²) in [5, 5.41) is 0. The van der Waals surface area contributed by atoms with Gasteiger partial charge in [0.15, 0.2) is 0 Å². The lowest BCUT2D eigenvalue weighted by Crippen LogP contribution is -2.28. The fourth-order valence-electron chi connectivity index (χ4n) is 2.17. The highest BCUT2D eigenvalue weighted by atomic mass is 32.2. The van der Waals surface area contributed by atoms with Crippen LogP contribution in [0.4, 0.5) is 11.6 Å². The molecule has 0 saturated carbocycles. The lowest BCUT2D eigenvalue weighted by atomic mass is 10.3. The van der Waals surface area contributed by atoms with Crippen molar-refractivity contribution in [2.45, 2.75) is 17.7 Å². The number of carbonyl (C=O) groups is 2. The van der Waals surface area contributed by atoms with E-state index in [-0.39, 0.29) is 35.5 Å². The summed E-state index contributed by atoms with van der Waals surface area (Å²) in [5.74, 6) is -0.621. The molecule has 0 spiro atoms. The smallest absolute Gasteiger partial charge is 0.264 e. The summed E-state index contributed by atoms with van der Waals surface area (Å²) in [6.45, 7) is 0. The van der Waals surface area contributed by atoms with Crippen molar-refractivity contribution in [3.8, 4) is 0 Å². The zero-order valence-electron chi connectivity index (χ0n) is 11.8. The molecular weight excluding hydrogens is 320 g/mol. The van der Waals surface area contributed by atoms with Gasteiger partial charge in [0.25, 0.3) is 10.0 Å². The zero-order chi connectivity index (χ0) is 16.4. The number of carbonyl (C=O) groups excluding carboxylic acids is 2. The Morgan fingerprint density at radius 1 is 0.957 bits per heavy atom. The third kappa shape index (κ3) is 3.04. The number of rotatable bonds is 4. The van der Waals surface area contributed by atoms with Crippen molar-refractivity contribution in [3.63, 3.8) is 0 Å². The first-order valence-electron chi connectivity index (χ1n) is 6.73. The van der Waals surface area contributed by atoms with Crippen LogP contribution < -0.4 is 9.62 Å². The largest absolute Gasteiger partial charge is 0.274 e. The maximum atomic E-state index is 12.2. The van der Waals surface area contributed by atoms with Gasteiger partial charge in [-0.2, -0.15) is 0 Å². The van der Waals surface area contributed by atoms with Crippen molar-refractivity contribution >= 4 is 33.5 Å². The number of sulfonamides is 1. The molecule has 2 amide bonds. The van der Waals surface area contributed by atoms with E-state index in [2.05, 4.69) is 14.7 Å². The van der Waals surface area contributed by atoms with Gasteiger partial charge in [0.2, 0.25) is 17.8 Å². The monoisotopic (exact) mass is 332 g/mol. The van der Waals surface area contributed by atoms with Gasteiger partial charge < -0.3 is 0 Å². The first-order chi connectivity index (χ1) is 11.0. The van der Waals surface area contributed by atoms with E-state index in [1.807, 2.05) is 0 Å². The van der Waals surface area contributed by atoms with Crippen molar-refractivity contribution in [1.82, 2.24) is 9.97 Å². The number of anilines is 2. The number of hydrogen-bond acceptors (Lipinski definition) is 6. The van der Waals surface area contributed by atoms with Crippen LogP contribution in [0.1, 0.15) is 12.8 Å². The van der Waals surface area contributed by atoms with Crippen LogP contribution in [0, 0.1) is 0 Å². The van der Waals surface area contributed by atoms with Crippen LogP contribution in [0.5, 0.6) is 0 Å². The van der Waals surface area contributed by atoms with Crippen LogP contribution in [0.2, 0.25) is 0 Å². The molecule has 118 valence electrons. The normalized spacial score (nSPS) is 15.0. The predicted molar refractivity (Wildman–Crippen MR) is 81.0 cm³/mol. The molecule has 0 bridgehead atoms.